The predicted octanol–water partition coefficient (Wildman–Crippen LogP) is 2.98. The SMILES string of the molecule is CO[C@@H](/C=C/C(=O)Nc1ccccc1N)[C@@H](O)c1cc(Br)ccc1O. The van der Waals surface area contributed by atoms with Crippen LogP contribution in [0.2, 0.25) is 0 Å². The Morgan fingerprint density at radius 3 is 2.72 bits per heavy atom. The van der Waals surface area contributed by atoms with Crippen LogP contribution in [-0.4, -0.2) is 29.3 Å². The minimum Gasteiger partial charge on any atom is -0.508 e. The van der Waals surface area contributed by atoms with Gasteiger partial charge in [0.15, 0.2) is 0 Å². The highest BCUT2D eigenvalue weighted by Gasteiger charge is 2.21. The molecule has 0 unspecified atom stereocenters. The van der Waals surface area contributed by atoms with Gasteiger partial charge >= 0.3 is 0 Å². The van der Waals surface area contributed by atoms with Crippen molar-refractivity contribution in [3.63, 3.8) is 0 Å². The number of nitrogens with one attached hydrogen (secondary N) is 1. The lowest BCUT2D eigenvalue weighted by molar-refractivity contribution is -0.112. The molecule has 7 heteroatoms. The number of hydrogen-bond donors (Lipinski definition) is 4. The summed E-state index contributed by atoms with van der Waals surface area (Å²) >= 11 is 3.28. The molecule has 25 heavy (non-hydrogen) atoms. The number of carbonyl (C=O) groups excluding carboxylic acids is 1. The summed E-state index contributed by atoms with van der Waals surface area (Å²) in [4.78, 5) is 12.0. The predicted molar refractivity (Wildman–Crippen MR) is 100 cm³/mol. The van der Waals surface area contributed by atoms with E-state index in [0.717, 1.165) is 0 Å². The van der Waals surface area contributed by atoms with Crippen LogP contribution in [0.5, 0.6) is 5.75 Å². The molecule has 0 heterocycles. The second kappa shape index (κ2) is 8.66. The highest BCUT2D eigenvalue weighted by molar-refractivity contribution is 9.10. The van der Waals surface area contributed by atoms with Crippen molar-refractivity contribution in [1.82, 2.24) is 0 Å². The van der Waals surface area contributed by atoms with Crippen molar-refractivity contribution in [1.29, 1.82) is 0 Å². The maximum atomic E-state index is 12.0. The molecule has 1 amide bonds. The van der Waals surface area contributed by atoms with E-state index in [1.54, 1.807) is 36.4 Å². The Labute approximate surface area is 154 Å². The molecule has 0 aliphatic rings. The van der Waals surface area contributed by atoms with E-state index in [4.69, 9.17) is 10.5 Å². The molecule has 0 saturated heterocycles. The number of rotatable bonds is 6. The number of phenolic OH excluding ortho intramolecular Hbond substituents is 1. The molecule has 0 fully saturated rings. The van der Waals surface area contributed by atoms with Crippen LogP contribution in [0.15, 0.2) is 59.1 Å². The molecule has 0 spiro atoms. The van der Waals surface area contributed by atoms with Crippen molar-refractivity contribution in [2.45, 2.75) is 12.2 Å². The number of ether oxygens (including phenoxy) is 1. The van der Waals surface area contributed by atoms with Crippen LogP contribution in [0.25, 0.3) is 0 Å². The summed E-state index contributed by atoms with van der Waals surface area (Å²) in [7, 11) is 1.40. The molecule has 0 bridgehead atoms. The van der Waals surface area contributed by atoms with Crippen LogP contribution in [0.4, 0.5) is 11.4 Å². The smallest absolute Gasteiger partial charge is 0.248 e. The number of nitrogens with two attached hydrogens (primary N) is 1. The number of benzene rings is 2. The summed E-state index contributed by atoms with van der Waals surface area (Å²) in [6.45, 7) is 0. The summed E-state index contributed by atoms with van der Waals surface area (Å²) in [6.07, 6.45) is 0.700. The second-order valence-corrected chi connectivity index (χ2v) is 6.20. The molecule has 0 aromatic heterocycles. The maximum absolute atomic E-state index is 12.0. The zero-order valence-electron chi connectivity index (χ0n) is 13.5. The Morgan fingerprint density at radius 2 is 2.04 bits per heavy atom. The lowest BCUT2D eigenvalue weighted by atomic mass is 10.0. The highest BCUT2D eigenvalue weighted by atomic mass is 79.9. The molecule has 2 aromatic rings. The van der Waals surface area contributed by atoms with Crippen LogP contribution < -0.4 is 11.1 Å². The van der Waals surface area contributed by atoms with Crippen LogP contribution in [-0.2, 0) is 9.53 Å². The van der Waals surface area contributed by atoms with E-state index >= 15 is 0 Å². The zero-order valence-corrected chi connectivity index (χ0v) is 15.1. The Hall–Kier alpha value is -2.35. The van der Waals surface area contributed by atoms with Crippen molar-refractivity contribution < 1.29 is 19.7 Å². The number of hydrogen-bond acceptors (Lipinski definition) is 5. The van der Waals surface area contributed by atoms with Gasteiger partial charge in [-0.3, -0.25) is 4.79 Å². The largest absolute Gasteiger partial charge is 0.508 e. The monoisotopic (exact) mass is 406 g/mol. The molecule has 0 radical (unpaired) electrons. The number of phenols is 1. The number of aliphatic hydroxyl groups excluding tert-OH is 1. The maximum Gasteiger partial charge on any atom is 0.248 e. The minimum absolute atomic E-state index is 0.0624. The molecule has 2 aromatic carbocycles. The molecule has 132 valence electrons. The van der Waals surface area contributed by atoms with E-state index in [2.05, 4.69) is 21.2 Å². The van der Waals surface area contributed by atoms with E-state index in [1.165, 1.54) is 25.3 Å². The fourth-order valence-corrected chi connectivity index (χ4v) is 2.60. The normalized spacial score (nSPS) is 13.6. The van der Waals surface area contributed by atoms with Gasteiger partial charge in [0.05, 0.1) is 11.4 Å². The molecule has 6 nitrogen and oxygen atoms in total. The van der Waals surface area contributed by atoms with E-state index in [9.17, 15) is 15.0 Å². The number of nitrogen functional groups attached to an aromatic ring is 1. The molecule has 2 rings (SSSR count). The summed E-state index contributed by atoms with van der Waals surface area (Å²) in [6, 6.07) is 11.6. The van der Waals surface area contributed by atoms with Gasteiger partial charge in [-0.2, -0.15) is 0 Å². The van der Waals surface area contributed by atoms with E-state index < -0.39 is 18.1 Å². The fourth-order valence-electron chi connectivity index (χ4n) is 2.22. The molecule has 2 atom stereocenters. The van der Waals surface area contributed by atoms with Gasteiger partial charge in [0, 0.05) is 23.2 Å². The average Bonchev–Trinajstić information content (AvgIpc) is 2.59. The summed E-state index contributed by atoms with van der Waals surface area (Å²) < 4.78 is 5.92. The number of aromatic hydroxyl groups is 1. The van der Waals surface area contributed by atoms with Gasteiger partial charge in [-0.15, -0.1) is 0 Å². The molecule has 0 aliphatic heterocycles. The first-order chi connectivity index (χ1) is 11.9. The topological polar surface area (TPSA) is 105 Å². The highest BCUT2D eigenvalue weighted by Crippen LogP contribution is 2.30. The number of halogens is 1. The van der Waals surface area contributed by atoms with Gasteiger partial charge in [0.25, 0.3) is 0 Å². The first kappa shape index (κ1) is 19.0. The number of methoxy groups -OCH3 is 1. The van der Waals surface area contributed by atoms with E-state index in [-0.39, 0.29) is 5.75 Å². The van der Waals surface area contributed by atoms with Gasteiger partial charge in [0.1, 0.15) is 18.0 Å². The first-order valence-corrected chi connectivity index (χ1v) is 8.24. The van der Waals surface area contributed by atoms with Crippen molar-refractivity contribution in [2.24, 2.45) is 0 Å². The van der Waals surface area contributed by atoms with Gasteiger partial charge < -0.3 is 26.0 Å². The quantitative estimate of drug-likeness (QED) is 0.435. The Bertz CT molecular complexity index is 779. The van der Waals surface area contributed by atoms with Gasteiger partial charge in [-0.1, -0.05) is 28.1 Å². The molecule has 5 N–H and O–H groups in total. The van der Waals surface area contributed by atoms with Gasteiger partial charge in [0.2, 0.25) is 5.91 Å². The molecular weight excluding hydrogens is 388 g/mol. The van der Waals surface area contributed by atoms with E-state index in [1.807, 2.05) is 0 Å². The third kappa shape index (κ3) is 5.06. The van der Waals surface area contributed by atoms with Crippen molar-refractivity contribution in [3.05, 3.63) is 64.7 Å². The lowest BCUT2D eigenvalue weighted by Crippen LogP contribution is -2.20. The minimum atomic E-state index is -1.15. The fraction of sp³-hybridized carbons (Fsp3) is 0.167. The number of amides is 1. The van der Waals surface area contributed by atoms with E-state index in [0.29, 0.717) is 21.4 Å². The van der Waals surface area contributed by atoms with Crippen LogP contribution >= 0.6 is 15.9 Å². The summed E-state index contributed by atoms with van der Waals surface area (Å²) in [5.74, 6) is -0.474. The van der Waals surface area contributed by atoms with Crippen LogP contribution in [0, 0.1) is 0 Å². The standard InChI is InChI=1S/C18H19BrN2O4/c1-25-16(18(24)12-10-11(19)6-7-15(12)22)8-9-17(23)21-14-5-3-2-4-13(14)20/h2-10,16,18,22,24H,20H2,1H3,(H,21,23)/b9-8+/t16-,18-/m0/s1. The van der Waals surface area contributed by atoms with Crippen LogP contribution in [0.1, 0.15) is 11.7 Å². The Morgan fingerprint density at radius 1 is 1.32 bits per heavy atom. The third-order valence-corrected chi connectivity index (χ3v) is 4.04. The molecular formula is C18H19BrN2O4. The van der Waals surface area contributed by atoms with Crippen LogP contribution in [0.3, 0.4) is 0 Å². The van der Waals surface area contributed by atoms with Crippen molar-refractivity contribution >= 4 is 33.2 Å². The molecule has 0 aliphatic carbocycles. The average molecular weight is 407 g/mol. The van der Waals surface area contributed by atoms with Crippen molar-refractivity contribution in [2.75, 3.05) is 18.2 Å². The Balaban J connectivity index is 2.10. The lowest BCUT2D eigenvalue weighted by Gasteiger charge is -2.20. The molecule has 0 saturated carbocycles. The van der Waals surface area contributed by atoms with Crippen molar-refractivity contribution in [3.8, 4) is 5.75 Å². The Kier molecular flexibility index (Phi) is 6.58. The number of carbonyl (C=O) groups is 1. The zero-order chi connectivity index (χ0) is 18.4. The summed E-state index contributed by atoms with van der Waals surface area (Å²) in [5, 5.41) is 23.0. The second-order valence-electron chi connectivity index (χ2n) is 5.28. The number of anilines is 2. The van der Waals surface area contributed by atoms with Gasteiger partial charge in [-0.05, 0) is 36.4 Å². The summed E-state index contributed by atoms with van der Waals surface area (Å²) in [5.41, 5.74) is 7.01. The number of para-hydroxylation sites is 2. The van der Waals surface area contributed by atoms with Gasteiger partial charge in [-0.25, -0.2) is 0 Å². The third-order valence-electron chi connectivity index (χ3n) is 3.55. The number of aliphatic hydroxyl groups is 1. The first-order valence-electron chi connectivity index (χ1n) is 7.45.